The lowest BCUT2D eigenvalue weighted by Gasteiger charge is -2.23. The molecule has 0 aromatic heterocycles. The lowest BCUT2D eigenvalue weighted by molar-refractivity contribution is 0.551. The summed E-state index contributed by atoms with van der Waals surface area (Å²) in [7, 11) is 0. The van der Waals surface area contributed by atoms with E-state index in [1.54, 1.807) is 6.07 Å². The first-order chi connectivity index (χ1) is 9.66. The molecular formula is C16H26FN3. The van der Waals surface area contributed by atoms with Crippen LogP contribution < -0.4 is 15.5 Å². The van der Waals surface area contributed by atoms with Crippen molar-refractivity contribution in [2.45, 2.75) is 26.8 Å². The van der Waals surface area contributed by atoms with E-state index < -0.39 is 0 Å². The second kappa shape index (κ2) is 7.60. The second-order valence-corrected chi connectivity index (χ2v) is 5.90. The number of anilines is 1. The molecule has 20 heavy (non-hydrogen) atoms. The highest BCUT2D eigenvalue weighted by Gasteiger charge is 2.14. The first-order valence-electron chi connectivity index (χ1n) is 7.61. The van der Waals surface area contributed by atoms with E-state index in [1.807, 2.05) is 12.1 Å². The molecule has 1 saturated heterocycles. The number of nitrogens with zero attached hydrogens (tertiary/aromatic N) is 1. The number of rotatable bonds is 5. The van der Waals surface area contributed by atoms with Crippen molar-refractivity contribution in [1.29, 1.82) is 0 Å². The maximum absolute atomic E-state index is 14.1. The first-order valence-corrected chi connectivity index (χ1v) is 7.61. The van der Waals surface area contributed by atoms with Gasteiger partial charge in [-0.05, 0) is 43.1 Å². The summed E-state index contributed by atoms with van der Waals surface area (Å²) in [6.45, 7) is 9.91. The minimum absolute atomic E-state index is 0.112. The fourth-order valence-corrected chi connectivity index (χ4v) is 2.50. The van der Waals surface area contributed by atoms with Crippen molar-refractivity contribution in [1.82, 2.24) is 10.6 Å². The average Bonchev–Trinajstić information content (AvgIpc) is 2.69. The number of nitrogens with one attached hydrogen (secondary N) is 2. The smallest absolute Gasteiger partial charge is 0.146 e. The molecule has 3 nitrogen and oxygen atoms in total. The number of hydrogen-bond donors (Lipinski definition) is 2. The highest BCUT2D eigenvalue weighted by molar-refractivity contribution is 5.50. The molecule has 1 aliphatic heterocycles. The van der Waals surface area contributed by atoms with Crippen molar-refractivity contribution < 1.29 is 4.39 Å². The van der Waals surface area contributed by atoms with Crippen LogP contribution in [0.1, 0.15) is 25.8 Å². The molecule has 0 radical (unpaired) electrons. The Balaban J connectivity index is 2.03. The molecule has 0 amide bonds. The Morgan fingerprint density at radius 1 is 1.30 bits per heavy atom. The molecule has 0 bridgehead atoms. The molecule has 1 fully saturated rings. The summed E-state index contributed by atoms with van der Waals surface area (Å²) < 4.78 is 14.1. The molecule has 0 aliphatic carbocycles. The van der Waals surface area contributed by atoms with Crippen LogP contribution in [0.3, 0.4) is 0 Å². The van der Waals surface area contributed by atoms with E-state index in [0.717, 1.165) is 56.9 Å². The lowest BCUT2D eigenvalue weighted by atomic mass is 10.1. The van der Waals surface area contributed by atoms with Gasteiger partial charge >= 0.3 is 0 Å². The highest BCUT2D eigenvalue weighted by Crippen LogP contribution is 2.21. The van der Waals surface area contributed by atoms with E-state index >= 15 is 0 Å². The molecule has 0 atom stereocenters. The van der Waals surface area contributed by atoms with Crippen LogP contribution in [0.15, 0.2) is 18.2 Å². The van der Waals surface area contributed by atoms with Crippen LogP contribution in [0.5, 0.6) is 0 Å². The topological polar surface area (TPSA) is 27.3 Å². The fourth-order valence-electron chi connectivity index (χ4n) is 2.50. The molecule has 0 unspecified atom stereocenters. The zero-order chi connectivity index (χ0) is 14.4. The predicted molar refractivity (Wildman–Crippen MR) is 82.6 cm³/mol. The van der Waals surface area contributed by atoms with Crippen LogP contribution >= 0.6 is 0 Å². The summed E-state index contributed by atoms with van der Waals surface area (Å²) in [5.41, 5.74) is 1.90. The van der Waals surface area contributed by atoms with Crippen LogP contribution in [0, 0.1) is 11.7 Å². The van der Waals surface area contributed by atoms with Crippen molar-refractivity contribution in [2.75, 3.05) is 37.6 Å². The number of hydrogen-bond acceptors (Lipinski definition) is 3. The van der Waals surface area contributed by atoms with Crippen LogP contribution in [0.25, 0.3) is 0 Å². The summed E-state index contributed by atoms with van der Waals surface area (Å²) in [6, 6.07) is 5.47. The second-order valence-electron chi connectivity index (χ2n) is 5.90. The molecular weight excluding hydrogens is 253 g/mol. The summed E-state index contributed by atoms with van der Waals surface area (Å²) >= 11 is 0. The third kappa shape index (κ3) is 4.46. The summed E-state index contributed by atoms with van der Waals surface area (Å²) in [5, 5.41) is 6.76. The van der Waals surface area contributed by atoms with Crippen molar-refractivity contribution >= 4 is 5.69 Å². The summed E-state index contributed by atoms with van der Waals surface area (Å²) in [4.78, 5) is 2.15. The third-order valence-corrected chi connectivity index (χ3v) is 3.57. The van der Waals surface area contributed by atoms with Crippen molar-refractivity contribution in [2.24, 2.45) is 5.92 Å². The van der Waals surface area contributed by atoms with Crippen LogP contribution in [-0.2, 0) is 6.54 Å². The normalized spacial score (nSPS) is 16.5. The molecule has 112 valence electrons. The standard InChI is InChI=1S/C16H26FN3/c1-13(2)11-19-12-14-4-5-15(17)16(10-14)20-8-3-6-18-7-9-20/h4-5,10,13,18-19H,3,6-9,11-12H2,1-2H3. The van der Waals surface area contributed by atoms with Gasteiger partial charge in [0.25, 0.3) is 0 Å². The van der Waals surface area contributed by atoms with Gasteiger partial charge in [-0.2, -0.15) is 0 Å². The zero-order valence-corrected chi connectivity index (χ0v) is 12.6. The van der Waals surface area contributed by atoms with Gasteiger partial charge < -0.3 is 15.5 Å². The van der Waals surface area contributed by atoms with Gasteiger partial charge in [0.05, 0.1) is 5.69 Å². The van der Waals surface area contributed by atoms with Gasteiger partial charge in [0.1, 0.15) is 5.82 Å². The Bertz CT molecular complexity index is 412. The average molecular weight is 279 g/mol. The maximum Gasteiger partial charge on any atom is 0.146 e. The van der Waals surface area contributed by atoms with Crippen molar-refractivity contribution in [3.8, 4) is 0 Å². The first kappa shape index (κ1) is 15.3. The molecule has 0 saturated carbocycles. The number of benzene rings is 1. The van der Waals surface area contributed by atoms with Crippen molar-refractivity contribution in [3.05, 3.63) is 29.6 Å². The Kier molecular flexibility index (Phi) is 5.80. The van der Waals surface area contributed by atoms with E-state index in [4.69, 9.17) is 0 Å². The third-order valence-electron chi connectivity index (χ3n) is 3.57. The van der Waals surface area contributed by atoms with Gasteiger partial charge in [-0.1, -0.05) is 19.9 Å². The molecule has 1 heterocycles. The summed E-state index contributed by atoms with van der Waals surface area (Å²) in [6.07, 6.45) is 1.06. The van der Waals surface area contributed by atoms with Gasteiger partial charge in [0.15, 0.2) is 0 Å². The molecule has 2 rings (SSSR count). The van der Waals surface area contributed by atoms with Crippen LogP contribution in [0.4, 0.5) is 10.1 Å². The molecule has 4 heteroatoms. The van der Waals surface area contributed by atoms with Crippen LogP contribution in [-0.4, -0.2) is 32.7 Å². The largest absolute Gasteiger partial charge is 0.368 e. The SMILES string of the molecule is CC(C)CNCc1ccc(F)c(N2CCCNCC2)c1. The van der Waals surface area contributed by atoms with Crippen molar-refractivity contribution in [3.63, 3.8) is 0 Å². The Labute approximate surface area is 121 Å². The predicted octanol–water partition coefficient (Wildman–Crippen LogP) is 2.37. The Hall–Kier alpha value is -1.13. The lowest BCUT2D eigenvalue weighted by Crippen LogP contribution is -2.28. The molecule has 1 aliphatic rings. The molecule has 2 N–H and O–H groups in total. The highest BCUT2D eigenvalue weighted by atomic mass is 19.1. The monoisotopic (exact) mass is 279 g/mol. The Morgan fingerprint density at radius 2 is 2.15 bits per heavy atom. The van der Waals surface area contributed by atoms with E-state index in [0.29, 0.717) is 5.92 Å². The molecule has 1 aromatic rings. The minimum Gasteiger partial charge on any atom is -0.368 e. The fraction of sp³-hybridized carbons (Fsp3) is 0.625. The Morgan fingerprint density at radius 3 is 2.95 bits per heavy atom. The van der Waals surface area contributed by atoms with E-state index in [9.17, 15) is 4.39 Å². The number of halogens is 1. The minimum atomic E-state index is -0.112. The summed E-state index contributed by atoms with van der Waals surface area (Å²) in [5.74, 6) is 0.520. The van der Waals surface area contributed by atoms with Gasteiger partial charge in [0, 0.05) is 26.2 Å². The van der Waals surface area contributed by atoms with Gasteiger partial charge in [-0.3, -0.25) is 0 Å². The molecule has 1 aromatic carbocycles. The van der Waals surface area contributed by atoms with E-state index in [1.165, 1.54) is 0 Å². The van der Waals surface area contributed by atoms with Crippen LogP contribution in [0.2, 0.25) is 0 Å². The van der Waals surface area contributed by atoms with E-state index in [2.05, 4.69) is 29.4 Å². The zero-order valence-electron chi connectivity index (χ0n) is 12.6. The van der Waals surface area contributed by atoms with Gasteiger partial charge in [-0.15, -0.1) is 0 Å². The quantitative estimate of drug-likeness (QED) is 0.866. The van der Waals surface area contributed by atoms with Gasteiger partial charge in [-0.25, -0.2) is 4.39 Å². The van der Waals surface area contributed by atoms with Gasteiger partial charge in [0.2, 0.25) is 0 Å². The molecule has 0 spiro atoms. The maximum atomic E-state index is 14.1. The van der Waals surface area contributed by atoms with E-state index in [-0.39, 0.29) is 5.82 Å².